The Bertz CT molecular complexity index is 1090. The molecule has 1 aromatic heterocycles. The highest BCUT2D eigenvalue weighted by molar-refractivity contribution is 7.57. The monoisotopic (exact) mass is 450 g/mol. The minimum atomic E-state index is -3.39. The number of carbonyl (C=O) groups excluding carboxylic acids is 1. The van der Waals surface area contributed by atoms with Gasteiger partial charge in [0.15, 0.2) is 0 Å². The van der Waals surface area contributed by atoms with E-state index in [1.807, 2.05) is 0 Å². The van der Waals surface area contributed by atoms with Gasteiger partial charge in [-0.1, -0.05) is 18.2 Å². The maximum Gasteiger partial charge on any atom is 0.353 e. The Labute approximate surface area is 177 Å². The van der Waals surface area contributed by atoms with E-state index in [1.165, 1.54) is 42.9 Å². The van der Waals surface area contributed by atoms with Gasteiger partial charge in [0.25, 0.3) is 5.56 Å². The summed E-state index contributed by atoms with van der Waals surface area (Å²) in [5.74, 6) is 0.720. The van der Waals surface area contributed by atoms with Gasteiger partial charge in [0.05, 0.1) is 24.3 Å². The zero-order valence-corrected chi connectivity index (χ0v) is 17.9. The van der Waals surface area contributed by atoms with Gasteiger partial charge in [-0.15, -0.1) is 0 Å². The van der Waals surface area contributed by atoms with Crippen molar-refractivity contribution in [2.45, 2.75) is 24.7 Å². The molecule has 1 aliphatic rings. The lowest BCUT2D eigenvalue weighted by atomic mass is 10.0. The van der Waals surface area contributed by atoms with Crippen LogP contribution in [0.2, 0.25) is 0 Å². The summed E-state index contributed by atoms with van der Waals surface area (Å²) in [4.78, 5) is 38.5. The van der Waals surface area contributed by atoms with Crippen LogP contribution in [0.5, 0.6) is 0 Å². The fraction of sp³-hybridized carbons (Fsp3) is 0.350. The van der Waals surface area contributed by atoms with Crippen LogP contribution in [0.15, 0.2) is 64.1 Å². The predicted molar refractivity (Wildman–Crippen MR) is 111 cm³/mol. The summed E-state index contributed by atoms with van der Waals surface area (Å²) in [6.07, 6.45) is 1.70. The van der Waals surface area contributed by atoms with Gasteiger partial charge in [-0.3, -0.25) is 18.9 Å². The number of hydrogen-bond acceptors (Lipinski definition) is 8. The quantitative estimate of drug-likeness (QED) is 0.502. The third kappa shape index (κ3) is 5.68. The number of nitrogens with one attached hydrogen (secondary N) is 1. The SMILES string of the molecule is COP(=O)(/C=C/C1CC(OC(=O)c2ccccc2)C(n2ccc(=O)[nH]c2=O)CO1)OC. The van der Waals surface area contributed by atoms with Crippen LogP contribution in [0, 0.1) is 0 Å². The fourth-order valence-electron chi connectivity index (χ4n) is 3.17. The molecule has 1 fully saturated rings. The van der Waals surface area contributed by atoms with Gasteiger partial charge in [-0.2, -0.15) is 0 Å². The van der Waals surface area contributed by atoms with E-state index in [4.69, 9.17) is 18.5 Å². The van der Waals surface area contributed by atoms with Crippen molar-refractivity contribution in [1.82, 2.24) is 9.55 Å². The first kappa shape index (κ1) is 22.9. The summed E-state index contributed by atoms with van der Waals surface area (Å²) in [6.45, 7) is 0.0119. The lowest BCUT2D eigenvalue weighted by Gasteiger charge is -2.35. The summed E-state index contributed by atoms with van der Waals surface area (Å²) < 4.78 is 34.7. The van der Waals surface area contributed by atoms with Crippen LogP contribution in [0.4, 0.5) is 0 Å². The highest BCUT2D eigenvalue weighted by Crippen LogP contribution is 2.48. The maximum absolute atomic E-state index is 12.6. The van der Waals surface area contributed by atoms with Crippen molar-refractivity contribution in [3.8, 4) is 0 Å². The molecule has 1 N–H and O–H groups in total. The topological polar surface area (TPSA) is 126 Å². The zero-order valence-electron chi connectivity index (χ0n) is 17.0. The Morgan fingerprint density at radius 3 is 2.55 bits per heavy atom. The van der Waals surface area contributed by atoms with Crippen molar-refractivity contribution < 1.29 is 27.9 Å². The third-order valence-corrected chi connectivity index (χ3v) is 6.40. The first-order valence-corrected chi connectivity index (χ1v) is 11.1. The average Bonchev–Trinajstić information content (AvgIpc) is 2.78. The second kappa shape index (κ2) is 10.0. The summed E-state index contributed by atoms with van der Waals surface area (Å²) in [6, 6.07) is 8.97. The second-order valence-corrected chi connectivity index (χ2v) is 8.86. The van der Waals surface area contributed by atoms with E-state index in [-0.39, 0.29) is 13.0 Å². The van der Waals surface area contributed by atoms with E-state index < -0.39 is 43.1 Å². The van der Waals surface area contributed by atoms with Crippen molar-refractivity contribution in [2.24, 2.45) is 0 Å². The van der Waals surface area contributed by atoms with Crippen molar-refractivity contribution >= 4 is 13.6 Å². The average molecular weight is 450 g/mol. The molecule has 10 nitrogen and oxygen atoms in total. The highest BCUT2D eigenvalue weighted by Gasteiger charge is 2.35. The number of aromatic amines is 1. The molecule has 0 bridgehead atoms. The summed E-state index contributed by atoms with van der Waals surface area (Å²) in [5.41, 5.74) is -0.817. The molecule has 2 heterocycles. The van der Waals surface area contributed by atoms with Gasteiger partial charge >= 0.3 is 19.3 Å². The molecule has 2 aromatic rings. The fourth-order valence-corrected chi connectivity index (χ4v) is 3.96. The highest BCUT2D eigenvalue weighted by atomic mass is 31.2. The number of benzene rings is 1. The molecule has 31 heavy (non-hydrogen) atoms. The third-order valence-electron chi connectivity index (χ3n) is 4.84. The van der Waals surface area contributed by atoms with Crippen LogP contribution in [-0.4, -0.2) is 48.6 Å². The van der Waals surface area contributed by atoms with Crippen LogP contribution < -0.4 is 11.2 Å². The maximum atomic E-state index is 12.6. The molecular weight excluding hydrogens is 427 g/mol. The molecule has 0 radical (unpaired) electrons. The van der Waals surface area contributed by atoms with E-state index in [0.29, 0.717) is 5.56 Å². The van der Waals surface area contributed by atoms with Crippen LogP contribution in [0.3, 0.4) is 0 Å². The van der Waals surface area contributed by atoms with Crippen molar-refractivity contribution in [3.63, 3.8) is 0 Å². The number of hydrogen-bond donors (Lipinski definition) is 1. The van der Waals surface area contributed by atoms with Crippen LogP contribution in [-0.2, 0) is 23.1 Å². The number of carbonyl (C=O) groups is 1. The Kier molecular flexibility index (Phi) is 7.40. The van der Waals surface area contributed by atoms with E-state index in [1.54, 1.807) is 30.3 Å². The molecule has 1 aromatic carbocycles. The van der Waals surface area contributed by atoms with Crippen molar-refractivity contribution in [3.05, 3.63) is 80.9 Å². The molecule has 1 saturated heterocycles. The molecular formula is C20H23N2O8P. The number of aromatic nitrogens is 2. The zero-order chi connectivity index (χ0) is 22.4. The number of rotatable bonds is 7. The van der Waals surface area contributed by atoms with Crippen molar-refractivity contribution in [1.29, 1.82) is 0 Å². The van der Waals surface area contributed by atoms with Gasteiger partial charge in [0.1, 0.15) is 6.10 Å². The normalized spacial score (nSPS) is 21.8. The molecule has 3 rings (SSSR count). The Hall–Kier alpha value is -2.78. The summed E-state index contributed by atoms with van der Waals surface area (Å²) in [7, 11) is -0.866. The number of esters is 1. The Morgan fingerprint density at radius 1 is 1.19 bits per heavy atom. The molecule has 0 spiro atoms. The summed E-state index contributed by atoms with van der Waals surface area (Å²) in [5, 5.41) is 0. The predicted octanol–water partition coefficient (Wildman–Crippen LogP) is 2.09. The Balaban J connectivity index is 1.86. The van der Waals surface area contributed by atoms with E-state index >= 15 is 0 Å². The van der Waals surface area contributed by atoms with E-state index in [9.17, 15) is 18.9 Å². The molecule has 0 saturated carbocycles. The van der Waals surface area contributed by atoms with Crippen LogP contribution in [0.1, 0.15) is 22.8 Å². The minimum Gasteiger partial charge on any atom is -0.456 e. The molecule has 166 valence electrons. The smallest absolute Gasteiger partial charge is 0.353 e. The first-order valence-electron chi connectivity index (χ1n) is 9.45. The van der Waals surface area contributed by atoms with Gasteiger partial charge in [0, 0.05) is 38.7 Å². The summed E-state index contributed by atoms with van der Waals surface area (Å²) >= 11 is 0. The standard InChI is InChI=1S/C20H23N2O8P/c1-27-31(26,28-2)11-9-15-12-17(30-19(24)14-6-4-3-5-7-14)16(13-29-15)22-10-8-18(23)21-20(22)25/h3-11,15-17H,12-13H2,1-2H3,(H,21,23,25)/b11-9+. The lowest BCUT2D eigenvalue weighted by Crippen LogP contribution is -2.45. The van der Waals surface area contributed by atoms with Gasteiger partial charge in [0.2, 0.25) is 0 Å². The largest absolute Gasteiger partial charge is 0.456 e. The molecule has 1 aliphatic heterocycles. The molecule has 3 unspecified atom stereocenters. The Morgan fingerprint density at radius 2 is 1.90 bits per heavy atom. The number of H-pyrrole nitrogens is 1. The second-order valence-electron chi connectivity index (χ2n) is 6.75. The van der Waals surface area contributed by atoms with Gasteiger partial charge < -0.3 is 18.5 Å². The lowest BCUT2D eigenvalue weighted by molar-refractivity contribution is -0.0708. The minimum absolute atomic E-state index is 0.0119. The van der Waals surface area contributed by atoms with Crippen LogP contribution >= 0.6 is 7.60 Å². The molecule has 3 atom stereocenters. The van der Waals surface area contributed by atoms with E-state index in [0.717, 1.165) is 0 Å². The van der Waals surface area contributed by atoms with Crippen LogP contribution in [0.25, 0.3) is 0 Å². The number of nitrogens with zero attached hydrogens (tertiary/aromatic N) is 1. The molecule has 11 heteroatoms. The van der Waals surface area contributed by atoms with E-state index in [2.05, 4.69) is 4.98 Å². The number of ether oxygens (including phenoxy) is 2. The van der Waals surface area contributed by atoms with Gasteiger partial charge in [-0.25, -0.2) is 9.59 Å². The van der Waals surface area contributed by atoms with Crippen molar-refractivity contribution in [2.75, 3.05) is 20.8 Å². The van der Waals surface area contributed by atoms with Gasteiger partial charge in [-0.05, 0) is 18.2 Å². The first-order chi connectivity index (χ1) is 14.8. The molecule has 0 aliphatic carbocycles. The molecule has 0 amide bonds.